The molecule has 0 aromatic rings. The lowest BCUT2D eigenvalue weighted by Gasteiger charge is -2.19. The third-order valence-electron chi connectivity index (χ3n) is 2.03. The van der Waals surface area contributed by atoms with Gasteiger partial charge in [-0.1, -0.05) is 41.5 Å². The van der Waals surface area contributed by atoms with Crippen LogP contribution in [-0.2, 0) is 9.59 Å². The van der Waals surface area contributed by atoms with Crippen LogP contribution in [0.1, 0.15) is 41.5 Å². The maximum absolute atomic E-state index is 11.5. The van der Waals surface area contributed by atoms with Gasteiger partial charge >= 0.3 is 0 Å². The van der Waals surface area contributed by atoms with Crippen LogP contribution in [-0.4, -0.2) is 23.6 Å². The largest absolute Gasteiger partial charge is 0.347 e. The molecule has 0 radical (unpaired) electrons. The maximum Gasteiger partial charge on any atom is 0.226 e. The SMILES string of the molecule is CC(C)(C)C(=O)NCSCNC(=O)C(C)(C)C. The van der Waals surface area contributed by atoms with E-state index >= 15 is 0 Å². The molecule has 2 N–H and O–H groups in total. The van der Waals surface area contributed by atoms with Crippen molar-refractivity contribution in [2.45, 2.75) is 41.5 Å². The fourth-order valence-corrected chi connectivity index (χ4v) is 1.38. The zero-order valence-electron chi connectivity index (χ0n) is 11.6. The van der Waals surface area contributed by atoms with Crippen molar-refractivity contribution in [1.82, 2.24) is 10.6 Å². The van der Waals surface area contributed by atoms with E-state index in [1.54, 1.807) is 0 Å². The molecule has 0 bridgehead atoms. The highest BCUT2D eigenvalue weighted by Gasteiger charge is 2.21. The number of thioether (sulfide) groups is 1. The lowest BCUT2D eigenvalue weighted by Crippen LogP contribution is -2.37. The number of hydrogen-bond acceptors (Lipinski definition) is 3. The van der Waals surface area contributed by atoms with Crippen LogP contribution in [0.4, 0.5) is 0 Å². The highest BCUT2D eigenvalue weighted by Crippen LogP contribution is 2.14. The number of hydrogen-bond donors (Lipinski definition) is 2. The molecule has 0 rings (SSSR count). The van der Waals surface area contributed by atoms with E-state index in [9.17, 15) is 9.59 Å². The van der Waals surface area contributed by atoms with Crippen molar-refractivity contribution in [3.63, 3.8) is 0 Å². The first kappa shape index (κ1) is 16.3. The summed E-state index contributed by atoms with van der Waals surface area (Å²) in [6, 6.07) is 0. The summed E-state index contributed by atoms with van der Waals surface area (Å²) < 4.78 is 0. The van der Waals surface area contributed by atoms with Gasteiger partial charge < -0.3 is 10.6 Å². The Labute approximate surface area is 108 Å². The minimum Gasteiger partial charge on any atom is -0.347 e. The molecule has 0 aliphatic carbocycles. The second-order valence-corrected chi connectivity index (χ2v) is 6.99. The molecule has 0 fully saturated rings. The zero-order valence-corrected chi connectivity index (χ0v) is 12.5. The average Bonchev–Trinajstić information content (AvgIpc) is 2.13. The van der Waals surface area contributed by atoms with Gasteiger partial charge in [0.15, 0.2) is 0 Å². The molecule has 0 aliphatic rings. The molecule has 0 aromatic carbocycles. The first-order chi connectivity index (χ1) is 7.55. The molecule has 0 aliphatic heterocycles. The Morgan fingerprint density at radius 2 is 1.12 bits per heavy atom. The van der Waals surface area contributed by atoms with Crippen molar-refractivity contribution < 1.29 is 9.59 Å². The highest BCUT2D eigenvalue weighted by atomic mass is 32.2. The van der Waals surface area contributed by atoms with E-state index in [1.807, 2.05) is 41.5 Å². The summed E-state index contributed by atoms with van der Waals surface area (Å²) in [5.41, 5.74) is -0.732. The third kappa shape index (κ3) is 7.26. The molecule has 100 valence electrons. The number of carbonyl (C=O) groups is 2. The molecule has 0 saturated carbocycles. The van der Waals surface area contributed by atoms with Crippen LogP contribution in [0.2, 0.25) is 0 Å². The molecule has 0 atom stereocenters. The van der Waals surface area contributed by atoms with Crippen molar-refractivity contribution in [3.8, 4) is 0 Å². The Bertz CT molecular complexity index is 249. The summed E-state index contributed by atoms with van der Waals surface area (Å²) in [5, 5.41) is 5.62. The minimum atomic E-state index is -0.366. The third-order valence-corrected chi connectivity index (χ3v) is 2.73. The highest BCUT2D eigenvalue weighted by molar-refractivity contribution is 7.99. The monoisotopic (exact) mass is 260 g/mol. The van der Waals surface area contributed by atoms with Crippen molar-refractivity contribution in [1.29, 1.82) is 0 Å². The van der Waals surface area contributed by atoms with Crippen LogP contribution < -0.4 is 10.6 Å². The number of carbonyl (C=O) groups excluding carboxylic acids is 2. The maximum atomic E-state index is 11.5. The van der Waals surface area contributed by atoms with Gasteiger partial charge in [0.1, 0.15) is 0 Å². The van der Waals surface area contributed by atoms with Crippen molar-refractivity contribution >= 4 is 23.6 Å². The molecular formula is C12H24N2O2S. The standard InChI is InChI=1S/C12H24N2O2S/c1-11(2,3)9(15)13-7-17-8-14-10(16)12(4,5)6/h7-8H2,1-6H3,(H,13,15)(H,14,16). The van der Waals surface area contributed by atoms with E-state index in [1.165, 1.54) is 11.8 Å². The van der Waals surface area contributed by atoms with Crippen LogP contribution in [0.25, 0.3) is 0 Å². The normalized spacial score (nSPS) is 12.1. The van der Waals surface area contributed by atoms with E-state index in [-0.39, 0.29) is 22.6 Å². The summed E-state index contributed by atoms with van der Waals surface area (Å²) in [4.78, 5) is 23.0. The van der Waals surface area contributed by atoms with Gasteiger partial charge in [0, 0.05) is 10.8 Å². The fraction of sp³-hybridized carbons (Fsp3) is 0.833. The van der Waals surface area contributed by atoms with Crippen LogP contribution in [0.5, 0.6) is 0 Å². The summed E-state index contributed by atoms with van der Waals surface area (Å²) in [7, 11) is 0. The van der Waals surface area contributed by atoms with E-state index in [0.29, 0.717) is 11.8 Å². The van der Waals surface area contributed by atoms with Gasteiger partial charge in [0.2, 0.25) is 11.8 Å². The van der Waals surface area contributed by atoms with Crippen molar-refractivity contribution in [2.75, 3.05) is 11.8 Å². The lowest BCUT2D eigenvalue weighted by atomic mass is 9.96. The molecule has 0 saturated heterocycles. The number of amides is 2. The molecule has 2 amide bonds. The molecule has 0 heterocycles. The second-order valence-electron chi connectivity index (χ2n) is 6.00. The van der Waals surface area contributed by atoms with E-state index < -0.39 is 0 Å². The Kier molecular flexibility index (Phi) is 6.02. The minimum absolute atomic E-state index is 0.0205. The van der Waals surface area contributed by atoms with Crippen LogP contribution >= 0.6 is 11.8 Å². The van der Waals surface area contributed by atoms with Crippen molar-refractivity contribution in [3.05, 3.63) is 0 Å². The summed E-state index contributed by atoms with van der Waals surface area (Å²) in [6.07, 6.45) is 0. The molecule has 17 heavy (non-hydrogen) atoms. The van der Waals surface area contributed by atoms with Gasteiger partial charge in [-0.05, 0) is 0 Å². The van der Waals surface area contributed by atoms with E-state index in [4.69, 9.17) is 0 Å². The van der Waals surface area contributed by atoms with Gasteiger partial charge in [-0.3, -0.25) is 9.59 Å². The average molecular weight is 260 g/mol. The molecule has 0 aromatic heterocycles. The predicted molar refractivity (Wildman–Crippen MR) is 72.5 cm³/mol. The Balaban J connectivity index is 3.68. The Morgan fingerprint density at radius 1 is 0.824 bits per heavy atom. The van der Waals surface area contributed by atoms with Gasteiger partial charge in [0.05, 0.1) is 11.8 Å². The number of rotatable bonds is 4. The van der Waals surface area contributed by atoms with Gasteiger partial charge in [0.25, 0.3) is 0 Å². The van der Waals surface area contributed by atoms with Gasteiger partial charge in [-0.2, -0.15) is 0 Å². The fourth-order valence-electron chi connectivity index (χ4n) is 0.815. The summed E-state index contributed by atoms with van der Waals surface area (Å²) in [6.45, 7) is 11.2. The summed E-state index contributed by atoms with van der Waals surface area (Å²) >= 11 is 1.48. The zero-order chi connectivity index (χ0) is 13.7. The second kappa shape index (κ2) is 6.28. The smallest absolute Gasteiger partial charge is 0.226 e. The van der Waals surface area contributed by atoms with E-state index in [0.717, 1.165) is 0 Å². The quantitative estimate of drug-likeness (QED) is 0.600. The summed E-state index contributed by atoms with van der Waals surface area (Å²) in [5.74, 6) is 1.07. The molecular weight excluding hydrogens is 236 g/mol. The lowest BCUT2D eigenvalue weighted by molar-refractivity contribution is -0.128. The van der Waals surface area contributed by atoms with E-state index in [2.05, 4.69) is 10.6 Å². The Hall–Kier alpha value is -0.710. The topological polar surface area (TPSA) is 58.2 Å². The molecule has 4 nitrogen and oxygen atoms in total. The molecule has 0 spiro atoms. The predicted octanol–water partition coefficient (Wildman–Crippen LogP) is 1.96. The van der Waals surface area contributed by atoms with Gasteiger partial charge in [-0.25, -0.2) is 0 Å². The van der Waals surface area contributed by atoms with Gasteiger partial charge in [-0.15, -0.1) is 11.8 Å². The van der Waals surface area contributed by atoms with Crippen molar-refractivity contribution in [2.24, 2.45) is 10.8 Å². The number of nitrogens with one attached hydrogen (secondary N) is 2. The first-order valence-electron chi connectivity index (χ1n) is 5.69. The Morgan fingerprint density at radius 3 is 1.35 bits per heavy atom. The van der Waals surface area contributed by atoms with Crippen LogP contribution in [0, 0.1) is 10.8 Å². The first-order valence-corrected chi connectivity index (χ1v) is 6.85. The molecule has 5 heteroatoms. The van der Waals surface area contributed by atoms with Crippen LogP contribution in [0.3, 0.4) is 0 Å². The molecule has 0 unspecified atom stereocenters. The van der Waals surface area contributed by atoms with Crippen LogP contribution in [0.15, 0.2) is 0 Å².